The number of rotatable bonds is 11. The molecule has 0 fully saturated rings. The van der Waals surface area contributed by atoms with Crippen molar-refractivity contribution < 1.29 is 29.0 Å². The summed E-state index contributed by atoms with van der Waals surface area (Å²) < 4.78 is 12.9. The second kappa shape index (κ2) is 12.6. The van der Waals surface area contributed by atoms with Crippen LogP contribution in [0.25, 0.3) is 43.9 Å². The summed E-state index contributed by atoms with van der Waals surface area (Å²) in [6.45, 7) is 1.40. The minimum absolute atomic E-state index is 0.0221. The number of ether oxygens (including phenoxy) is 2. The summed E-state index contributed by atoms with van der Waals surface area (Å²) in [7, 11) is 0. The zero-order chi connectivity index (χ0) is 31.4. The van der Waals surface area contributed by atoms with Gasteiger partial charge in [0.15, 0.2) is 19.0 Å². The van der Waals surface area contributed by atoms with Crippen LogP contribution in [0.3, 0.4) is 0 Å². The number of carbonyl (C=O) groups is 3. The van der Waals surface area contributed by atoms with Gasteiger partial charge < -0.3 is 19.1 Å². The van der Waals surface area contributed by atoms with Crippen LogP contribution in [-0.4, -0.2) is 37.7 Å². The summed E-state index contributed by atoms with van der Waals surface area (Å²) in [5.41, 5.74) is -0.352. The van der Waals surface area contributed by atoms with Gasteiger partial charge in [-0.3, -0.25) is 28.3 Å². The number of thiophene rings is 1. The van der Waals surface area contributed by atoms with E-state index in [9.17, 15) is 34.3 Å². The van der Waals surface area contributed by atoms with Crippen molar-refractivity contribution in [1.29, 1.82) is 5.26 Å². The monoisotopic (exact) mass is 612 g/mol. The molecule has 12 nitrogen and oxygen atoms in total. The number of carboxylic acid groups (broad SMARTS) is 1. The van der Waals surface area contributed by atoms with E-state index in [1.807, 2.05) is 24.3 Å². The molecule has 222 valence electrons. The van der Waals surface area contributed by atoms with Crippen molar-refractivity contribution in [2.75, 3.05) is 0 Å². The normalized spacial score (nSPS) is 10.8. The summed E-state index contributed by atoms with van der Waals surface area (Å²) >= 11 is 1.47. The number of aromatic nitrogens is 3. The number of carboxylic acids is 1. The van der Waals surface area contributed by atoms with Crippen molar-refractivity contribution >= 4 is 63.7 Å². The van der Waals surface area contributed by atoms with E-state index in [4.69, 9.17) is 0 Å². The lowest BCUT2D eigenvalue weighted by Gasteiger charge is -2.12. The number of benzene rings is 2. The molecule has 3 aromatic heterocycles. The molecule has 3 heterocycles. The van der Waals surface area contributed by atoms with Crippen molar-refractivity contribution in [3.63, 3.8) is 0 Å². The highest BCUT2D eigenvalue weighted by Crippen LogP contribution is 2.35. The fraction of sp³-hybridized carbons (Fsp3) is 0.161. The Labute approximate surface area is 252 Å². The fourth-order valence-corrected chi connectivity index (χ4v) is 6.17. The van der Waals surface area contributed by atoms with Gasteiger partial charge in [-0.2, -0.15) is 5.26 Å². The zero-order valence-electron chi connectivity index (χ0n) is 23.3. The predicted octanol–water partition coefficient (Wildman–Crippen LogP) is 1.91. The molecule has 0 aliphatic carbocycles. The number of para-hydroxylation sites is 1. The number of aryl methyl sites for hydroxylation is 1. The maximum absolute atomic E-state index is 13.4. The van der Waals surface area contributed by atoms with Crippen LogP contribution < -0.4 is 21.8 Å². The van der Waals surface area contributed by atoms with Crippen LogP contribution >= 0.6 is 11.3 Å². The van der Waals surface area contributed by atoms with Gasteiger partial charge >= 0.3 is 5.97 Å². The van der Waals surface area contributed by atoms with Gasteiger partial charge in [-0.1, -0.05) is 30.3 Å². The quantitative estimate of drug-likeness (QED) is 0.220. The summed E-state index contributed by atoms with van der Waals surface area (Å²) in [6.07, 6.45) is 1.52. The van der Waals surface area contributed by atoms with Gasteiger partial charge in [0.1, 0.15) is 16.8 Å². The average molecular weight is 613 g/mol. The molecule has 0 aliphatic rings. The third kappa shape index (κ3) is 5.30. The molecule has 5 rings (SSSR count). The van der Waals surface area contributed by atoms with E-state index < -0.39 is 41.6 Å². The van der Waals surface area contributed by atoms with Crippen molar-refractivity contribution in [3.8, 4) is 16.5 Å². The van der Waals surface area contributed by atoms with E-state index in [0.29, 0.717) is 9.13 Å². The highest BCUT2D eigenvalue weighted by molar-refractivity contribution is 7.15. The van der Waals surface area contributed by atoms with Crippen LogP contribution in [-0.2, 0) is 50.3 Å². The minimum atomic E-state index is -1.74. The van der Waals surface area contributed by atoms with Crippen LogP contribution in [0.5, 0.6) is 0 Å². The Morgan fingerprint density at radius 2 is 1.59 bits per heavy atom. The van der Waals surface area contributed by atoms with Gasteiger partial charge in [0.25, 0.3) is 24.1 Å². The maximum atomic E-state index is 13.4. The van der Waals surface area contributed by atoms with Crippen molar-refractivity contribution in [1.82, 2.24) is 13.7 Å². The first-order valence-corrected chi connectivity index (χ1v) is 14.1. The predicted molar refractivity (Wildman–Crippen MR) is 162 cm³/mol. The topological polar surface area (TPSA) is 163 Å². The summed E-state index contributed by atoms with van der Waals surface area (Å²) in [5, 5.41) is 20.9. The lowest BCUT2D eigenvalue weighted by Crippen LogP contribution is -2.59. The maximum Gasteiger partial charge on any atom is 0.350 e. The van der Waals surface area contributed by atoms with Gasteiger partial charge in [0.05, 0.1) is 0 Å². The smallest absolute Gasteiger partial charge is 0.350 e. The van der Waals surface area contributed by atoms with E-state index in [2.05, 4.69) is 51.3 Å². The molecule has 13 heteroatoms. The van der Waals surface area contributed by atoms with Crippen LogP contribution in [0.15, 0.2) is 64.2 Å². The molecule has 0 amide bonds. The first kappa shape index (κ1) is 29.7. The first-order valence-electron chi connectivity index (χ1n) is 13.3. The van der Waals surface area contributed by atoms with E-state index in [-0.39, 0.29) is 24.6 Å². The largest absolute Gasteiger partial charge is 0.477 e. The van der Waals surface area contributed by atoms with E-state index in [1.54, 1.807) is 0 Å². The summed E-state index contributed by atoms with van der Waals surface area (Å²) in [4.78, 5) is 62.1. The van der Waals surface area contributed by atoms with E-state index in [0.717, 1.165) is 43.7 Å². The minimum Gasteiger partial charge on any atom is -0.477 e. The Morgan fingerprint density at radius 1 is 0.932 bits per heavy atom. The second-order valence-electron chi connectivity index (χ2n) is 9.45. The molecular weight excluding hydrogens is 588 g/mol. The van der Waals surface area contributed by atoms with Crippen LogP contribution in [0.4, 0.5) is 0 Å². The number of hydrogen-bond donors (Lipinski definition) is 1. The first-order chi connectivity index (χ1) is 21.3. The molecule has 0 spiro atoms. The van der Waals surface area contributed by atoms with Crippen molar-refractivity contribution in [2.45, 2.75) is 33.4 Å². The highest BCUT2D eigenvalue weighted by atomic mass is 32.1. The van der Waals surface area contributed by atoms with Gasteiger partial charge in [0.2, 0.25) is 0 Å². The summed E-state index contributed by atoms with van der Waals surface area (Å²) in [5.74, 6) is -1.74. The molecule has 0 saturated carbocycles. The molecule has 0 saturated heterocycles. The van der Waals surface area contributed by atoms with E-state index in [1.165, 1.54) is 23.5 Å². The number of fused-ring (bicyclic) bond motifs is 3. The fourth-order valence-electron chi connectivity index (χ4n) is 5.20. The van der Waals surface area contributed by atoms with Crippen LogP contribution in [0.2, 0.25) is 0 Å². The highest BCUT2D eigenvalue weighted by Gasteiger charge is 2.19. The zero-order valence-corrected chi connectivity index (χ0v) is 24.1. The van der Waals surface area contributed by atoms with Gasteiger partial charge in [0, 0.05) is 44.5 Å². The molecule has 0 radical (unpaired) electrons. The molecule has 1 N–H and O–H groups in total. The lowest BCUT2D eigenvalue weighted by molar-refractivity contribution is -0.132. The number of nitriles is 1. The van der Waals surface area contributed by atoms with Crippen molar-refractivity contribution in [3.05, 3.63) is 90.9 Å². The standard InChI is InChI=1S/C31H24N4O8S/c1-2-33-25-6-4-3-5-21(25)23-13-19(7-11-26(23)33)27-12-9-20(44-27)8-10-22-29(38)34(15-42-17-36)28(24(14-32)31(40)41)35(30(22)39)16-43-18-37/h3-7,9-13,17-18H,2,8,15-16H2,1H3,(H,40,41). The SMILES string of the molecule is CCn1c2ccccc2c2cc(-c3ccc(CC=c4c(=O)n(COC=O)c(=C(C#N)C(=O)O)n(COC=O)c4=O)s3)ccc21. The van der Waals surface area contributed by atoms with Gasteiger partial charge in [-0.15, -0.1) is 11.3 Å². The van der Waals surface area contributed by atoms with Crippen LogP contribution in [0, 0.1) is 11.3 Å². The third-order valence-corrected chi connectivity index (χ3v) is 8.25. The Kier molecular flexibility index (Phi) is 8.54. The van der Waals surface area contributed by atoms with Gasteiger partial charge in [-0.05, 0) is 42.8 Å². The molecule has 2 aromatic carbocycles. The van der Waals surface area contributed by atoms with Gasteiger partial charge in [-0.25, -0.2) is 4.79 Å². The Hall–Kier alpha value is -5.74. The number of carbonyl (C=O) groups excluding carboxylic acids is 2. The number of hydrogen-bond acceptors (Lipinski definition) is 9. The molecular formula is C31H24N4O8S. The van der Waals surface area contributed by atoms with E-state index >= 15 is 0 Å². The second-order valence-corrected chi connectivity index (χ2v) is 10.6. The average Bonchev–Trinajstić information content (AvgIpc) is 3.63. The number of aliphatic carboxylic acids is 1. The summed E-state index contributed by atoms with van der Waals surface area (Å²) in [6, 6.07) is 19.8. The van der Waals surface area contributed by atoms with Crippen molar-refractivity contribution in [2.24, 2.45) is 0 Å². The molecule has 0 atom stereocenters. The third-order valence-electron chi connectivity index (χ3n) is 7.10. The molecule has 0 bridgehead atoms. The van der Waals surface area contributed by atoms with Crippen LogP contribution in [0.1, 0.15) is 11.8 Å². The lowest BCUT2D eigenvalue weighted by atomic mass is 10.1. The number of nitrogens with zero attached hydrogens (tertiary/aromatic N) is 4. The molecule has 0 aliphatic heterocycles. The Bertz CT molecular complexity index is 2180. The molecule has 44 heavy (non-hydrogen) atoms. The molecule has 5 aromatic rings. The Balaban J connectivity index is 1.60. The molecule has 0 unspecified atom stereocenters. The Morgan fingerprint density at radius 3 is 2.20 bits per heavy atom.